The molecule has 0 saturated heterocycles. The Kier molecular flexibility index (Phi) is 5.63. The highest BCUT2D eigenvalue weighted by molar-refractivity contribution is 7.92. The van der Waals surface area contributed by atoms with Crippen molar-refractivity contribution < 1.29 is 17.6 Å². The first-order valence-electron chi connectivity index (χ1n) is 7.45. The van der Waals surface area contributed by atoms with Crippen LogP contribution in [0, 0.1) is 5.82 Å². The number of benzene rings is 1. The Bertz CT molecular complexity index is 1110. The SMILES string of the molecule is CS(=O)(=O)Nc1nnc(NC(=O)C=Cc2ccc(-c3ccccc3F)s2)s1. The fraction of sp³-hybridized carbons (Fsp3) is 0.0625. The summed E-state index contributed by atoms with van der Waals surface area (Å²) in [6, 6.07) is 10.0. The number of hydrogen-bond acceptors (Lipinski definition) is 7. The third kappa shape index (κ3) is 5.42. The van der Waals surface area contributed by atoms with Gasteiger partial charge in [0.1, 0.15) is 5.82 Å². The van der Waals surface area contributed by atoms with E-state index in [9.17, 15) is 17.6 Å². The molecule has 2 aromatic heterocycles. The first-order valence-corrected chi connectivity index (χ1v) is 11.0. The number of amides is 1. The maximum atomic E-state index is 13.8. The largest absolute Gasteiger partial charge is 0.297 e. The number of rotatable bonds is 6. The van der Waals surface area contributed by atoms with Crippen molar-refractivity contribution in [2.75, 3.05) is 16.3 Å². The summed E-state index contributed by atoms with van der Waals surface area (Å²) in [5.41, 5.74) is 0.506. The van der Waals surface area contributed by atoms with E-state index in [0.29, 0.717) is 5.56 Å². The zero-order valence-corrected chi connectivity index (χ0v) is 16.3. The number of thiophene rings is 1. The standard InChI is InChI=1S/C16H13FN4O3S3/c1-27(23,24)21-16-20-19-15(26-16)18-14(22)9-7-10-6-8-13(25-10)11-4-2-3-5-12(11)17/h2-9H,1H3,(H,20,21)(H,18,19,22). The van der Waals surface area contributed by atoms with Gasteiger partial charge in [-0.3, -0.25) is 14.8 Å². The van der Waals surface area contributed by atoms with Crippen LogP contribution in [0.15, 0.2) is 42.5 Å². The van der Waals surface area contributed by atoms with Gasteiger partial charge in [-0.2, -0.15) is 0 Å². The lowest BCUT2D eigenvalue weighted by atomic mass is 10.2. The molecule has 0 aliphatic heterocycles. The molecule has 7 nitrogen and oxygen atoms in total. The van der Waals surface area contributed by atoms with Gasteiger partial charge in [0, 0.05) is 21.4 Å². The summed E-state index contributed by atoms with van der Waals surface area (Å²) in [6.07, 6.45) is 3.90. The summed E-state index contributed by atoms with van der Waals surface area (Å²) in [4.78, 5) is 13.5. The quantitative estimate of drug-likeness (QED) is 0.591. The number of anilines is 2. The monoisotopic (exact) mass is 424 g/mol. The van der Waals surface area contributed by atoms with Gasteiger partial charge in [0.15, 0.2) is 0 Å². The van der Waals surface area contributed by atoms with Crippen LogP contribution in [0.25, 0.3) is 16.5 Å². The van der Waals surface area contributed by atoms with E-state index in [1.807, 2.05) is 0 Å². The third-order valence-corrected chi connectivity index (χ3v) is 5.62. The Morgan fingerprint density at radius 2 is 1.85 bits per heavy atom. The Hall–Kier alpha value is -2.63. The fourth-order valence-corrected chi connectivity index (χ4v) is 4.44. The van der Waals surface area contributed by atoms with Gasteiger partial charge in [0.05, 0.1) is 6.26 Å². The highest BCUT2D eigenvalue weighted by Crippen LogP contribution is 2.30. The summed E-state index contributed by atoms with van der Waals surface area (Å²) in [5.74, 6) is -0.750. The van der Waals surface area contributed by atoms with Crippen LogP contribution in [0.2, 0.25) is 0 Å². The molecule has 3 rings (SSSR count). The summed E-state index contributed by atoms with van der Waals surface area (Å²) in [5, 5.41) is 10.0. The molecular weight excluding hydrogens is 411 g/mol. The van der Waals surface area contributed by atoms with Crippen molar-refractivity contribution in [3.63, 3.8) is 0 Å². The third-order valence-electron chi connectivity index (χ3n) is 3.09. The van der Waals surface area contributed by atoms with Crippen LogP contribution in [0.4, 0.5) is 14.7 Å². The number of nitrogens with one attached hydrogen (secondary N) is 2. The summed E-state index contributed by atoms with van der Waals surface area (Å²) < 4.78 is 38.2. The van der Waals surface area contributed by atoms with Gasteiger partial charge in [-0.15, -0.1) is 21.5 Å². The molecule has 0 fully saturated rings. The molecule has 2 N–H and O–H groups in total. The van der Waals surface area contributed by atoms with E-state index in [2.05, 4.69) is 20.2 Å². The van der Waals surface area contributed by atoms with E-state index in [1.54, 1.807) is 36.4 Å². The first-order chi connectivity index (χ1) is 12.8. The predicted octanol–water partition coefficient (Wildman–Crippen LogP) is 3.43. The van der Waals surface area contributed by atoms with Crippen molar-refractivity contribution in [1.29, 1.82) is 0 Å². The molecule has 2 heterocycles. The Morgan fingerprint density at radius 1 is 1.11 bits per heavy atom. The van der Waals surface area contributed by atoms with Crippen molar-refractivity contribution in [3.8, 4) is 10.4 Å². The molecular formula is C16H13FN4O3S3. The predicted molar refractivity (Wildman–Crippen MR) is 106 cm³/mol. The molecule has 1 amide bonds. The number of carbonyl (C=O) groups is 1. The van der Waals surface area contributed by atoms with Crippen LogP contribution < -0.4 is 10.0 Å². The molecule has 0 saturated carbocycles. The van der Waals surface area contributed by atoms with Gasteiger partial charge in [-0.05, 0) is 24.3 Å². The first kappa shape index (κ1) is 19.1. The molecule has 1 aromatic carbocycles. The van der Waals surface area contributed by atoms with Crippen molar-refractivity contribution >= 4 is 54.9 Å². The van der Waals surface area contributed by atoms with Gasteiger partial charge in [-0.25, -0.2) is 12.8 Å². The summed E-state index contributed by atoms with van der Waals surface area (Å²) in [7, 11) is -3.46. The van der Waals surface area contributed by atoms with Crippen molar-refractivity contribution in [1.82, 2.24) is 10.2 Å². The zero-order chi connectivity index (χ0) is 19.4. The lowest BCUT2D eigenvalue weighted by Crippen LogP contribution is -2.09. The molecule has 3 aromatic rings. The molecule has 0 spiro atoms. The second-order valence-electron chi connectivity index (χ2n) is 5.29. The molecule has 0 aliphatic rings. The highest BCUT2D eigenvalue weighted by atomic mass is 32.2. The molecule has 0 atom stereocenters. The van der Waals surface area contributed by atoms with E-state index < -0.39 is 15.9 Å². The smallest absolute Gasteiger partial charge is 0.250 e. The lowest BCUT2D eigenvalue weighted by Gasteiger charge is -1.98. The topological polar surface area (TPSA) is 101 Å². The van der Waals surface area contributed by atoms with Crippen LogP contribution in [0.1, 0.15) is 4.88 Å². The second kappa shape index (κ2) is 7.94. The highest BCUT2D eigenvalue weighted by Gasteiger charge is 2.10. The van der Waals surface area contributed by atoms with Crippen LogP contribution in [0.3, 0.4) is 0 Å². The summed E-state index contributed by atoms with van der Waals surface area (Å²) in [6.45, 7) is 0. The van der Waals surface area contributed by atoms with Gasteiger partial charge < -0.3 is 0 Å². The van der Waals surface area contributed by atoms with Gasteiger partial charge in [0.25, 0.3) is 0 Å². The molecule has 140 valence electrons. The fourth-order valence-electron chi connectivity index (χ4n) is 2.03. The van der Waals surface area contributed by atoms with Crippen LogP contribution in [0.5, 0.6) is 0 Å². The average molecular weight is 425 g/mol. The van der Waals surface area contributed by atoms with E-state index >= 15 is 0 Å². The maximum Gasteiger partial charge on any atom is 0.250 e. The summed E-state index contributed by atoms with van der Waals surface area (Å²) >= 11 is 2.25. The zero-order valence-electron chi connectivity index (χ0n) is 13.8. The molecule has 11 heteroatoms. The number of hydrogen-bond donors (Lipinski definition) is 2. The van der Waals surface area contributed by atoms with E-state index in [4.69, 9.17) is 0 Å². The Morgan fingerprint density at radius 3 is 2.59 bits per heavy atom. The minimum absolute atomic E-state index is 0.0598. The number of sulfonamides is 1. The molecule has 0 bridgehead atoms. The Labute approximate surface area is 162 Å². The lowest BCUT2D eigenvalue weighted by molar-refractivity contribution is -0.111. The van der Waals surface area contributed by atoms with E-state index in [1.165, 1.54) is 23.5 Å². The minimum Gasteiger partial charge on any atom is -0.297 e. The van der Waals surface area contributed by atoms with Gasteiger partial charge in [-0.1, -0.05) is 29.5 Å². The molecule has 27 heavy (non-hydrogen) atoms. The van der Waals surface area contributed by atoms with Gasteiger partial charge in [0.2, 0.25) is 26.2 Å². The van der Waals surface area contributed by atoms with Crippen molar-refractivity contribution in [3.05, 3.63) is 53.2 Å². The second-order valence-corrected chi connectivity index (χ2v) is 9.13. The van der Waals surface area contributed by atoms with Crippen molar-refractivity contribution in [2.45, 2.75) is 0 Å². The number of aromatic nitrogens is 2. The number of nitrogens with zero attached hydrogens (tertiary/aromatic N) is 2. The Balaban J connectivity index is 1.63. The van der Waals surface area contributed by atoms with Crippen molar-refractivity contribution in [2.24, 2.45) is 0 Å². The molecule has 0 unspecified atom stereocenters. The minimum atomic E-state index is -3.46. The van der Waals surface area contributed by atoms with E-state index in [0.717, 1.165) is 27.3 Å². The van der Waals surface area contributed by atoms with Gasteiger partial charge >= 0.3 is 0 Å². The number of carbonyl (C=O) groups excluding carboxylic acids is 1. The van der Waals surface area contributed by atoms with Crippen LogP contribution in [-0.2, 0) is 14.8 Å². The molecule has 0 aliphatic carbocycles. The molecule has 0 radical (unpaired) electrons. The normalized spacial score (nSPS) is 11.6. The van der Waals surface area contributed by atoms with E-state index in [-0.39, 0.29) is 16.1 Å². The number of halogens is 1. The van der Waals surface area contributed by atoms with Crippen LogP contribution >= 0.6 is 22.7 Å². The average Bonchev–Trinajstić information content (AvgIpc) is 3.21. The van der Waals surface area contributed by atoms with Crippen LogP contribution in [-0.4, -0.2) is 30.8 Å². The maximum absolute atomic E-state index is 13.8.